The third kappa shape index (κ3) is 16.4. The Balaban J connectivity index is 0.000000569. The fourth-order valence-corrected chi connectivity index (χ4v) is 2.55. The molecule has 0 aliphatic rings. The summed E-state index contributed by atoms with van der Waals surface area (Å²) in [6.07, 6.45) is -5.75. The lowest BCUT2D eigenvalue weighted by Gasteiger charge is -2.00. The lowest BCUT2D eigenvalue weighted by molar-refractivity contribution is 0.141. The van der Waals surface area contributed by atoms with E-state index in [-0.39, 0.29) is 57.0 Å². The molecule has 4 aromatic rings. The largest absolute Gasteiger partial charge is 0.511 e. The molecule has 0 saturated carbocycles. The van der Waals surface area contributed by atoms with Gasteiger partial charge in [0.05, 0.1) is 0 Å². The van der Waals surface area contributed by atoms with Crippen molar-refractivity contribution >= 4 is 35.6 Å². The highest BCUT2D eigenvalue weighted by Gasteiger charge is 2.06. The van der Waals surface area contributed by atoms with Gasteiger partial charge in [-0.25, -0.2) is 19.2 Å². The molecule has 0 bridgehead atoms. The monoisotopic (exact) mass is 644 g/mol. The molecule has 16 nitrogen and oxygen atoms in total. The van der Waals surface area contributed by atoms with Crippen molar-refractivity contribution in [3.05, 3.63) is 97.1 Å². The van der Waals surface area contributed by atoms with E-state index in [0.29, 0.717) is 0 Å². The average Bonchev–Trinajstić information content (AvgIpc) is 2.94. The van der Waals surface area contributed by atoms with Crippen LogP contribution in [0.15, 0.2) is 97.1 Å². The first-order valence-corrected chi connectivity index (χ1v) is 11.5. The van der Waals surface area contributed by atoms with Gasteiger partial charge >= 0.3 is 24.6 Å². The Morgan fingerprint density at radius 2 is 0.511 bits per heavy atom. The number of phenols is 4. The molecule has 4 aromatic carbocycles. The Morgan fingerprint density at radius 3 is 0.644 bits per heavy atom. The SMILES string of the molecule is O=C(O)Oc1ccccc1O.O=C(O)Oc1ccccc1O.O=C(O)Oc1ccccc1O.O=C(O)Oc1ccccc1O.[Si]. The van der Waals surface area contributed by atoms with Crippen LogP contribution in [0.5, 0.6) is 46.0 Å². The Bertz CT molecular complexity index is 1310. The van der Waals surface area contributed by atoms with Crippen molar-refractivity contribution in [2.24, 2.45) is 0 Å². The van der Waals surface area contributed by atoms with Crippen LogP contribution in [-0.4, -0.2) is 76.4 Å². The number of ether oxygens (including phenoxy) is 4. The molecule has 4 radical (unpaired) electrons. The van der Waals surface area contributed by atoms with E-state index >= 15 is 0 Å². The van der Waals surface area contributed by atoms with Gasteiger partial charge in [0.15, 0.2) is 46.0 Å². The summed E-state index contributed by atoms with van der Waals surface area (Å²) in [4.78, 5) is 40.0. The zero-order chi connectivity index (χ0) is 33.1. The van der Waals surface area contributed by atoms with Crippen molar-refractivity contribution in [3.8, 4) is 46.0 Å². The molecule has 0 aliphatic heterocycles. The van der Waals surface area contributed by atoms with Crippen LogP contribution < -0.4 is 18.9 Å². The van der Waals surface area contributed by atoms with Crippen LogP contribution >= 0.6 is 0 Å². The number of rotatable bonds is 4. The molecular weight excluding hydrogens is 620 g/mol. The van der Waals surface area contributed by atoms with Crippen molar-refractivity contribution in [1.82, 2.24) is 0 Å². The number of hydrogen-bond donors (Lipinski definition) is 8. The third-order valence-corrected chi connectivity index (χ3v) is 4.25. The normalized spacial score (nSPS) is 8.89. The zero-order valence-corrected chi connectivity index (χ0v) is 23.6. The van der Waals surface area contributed by atoms with Crippen LogP contribution in [0.4, 0.5) is 19.2 Å². The fraction of sp³-hybridized carbons (Fsp3) is 0. The summed E-state index contributed by atoms with van der Waals surface area (Å²) in [7, 11) is 0. The lowest BCUT2D eigenvalue weighted by Crippen LogP contribution is -2.02. The Labute approximate surface area is 257 Å². The van der Waals surface area contributed by atoms with Gasteiger partial charge in [-0.3, -0.25) is 0 Å². The maximum Gasteiger partial charge on any atom is 0.511 e. The molecule has 0 atom stereocenters. The van der Waals surface area contributed by atoms with Crippen LogP contribution in [0.3, 0.4) is 0 Å². The van der Waals surface area contributed by atoms with Gasteiger partial charge in [0.2, 0.25) is 0 Å². The summed E-state index contributed by atoms with van der Waals surface area (Å²) >= 11 is 0. The maximum absolute atomic E-state index is 9.99. The highest BCUT2D eigenvalue weighted by Crippen LogP contribution is 2.26. The number of carbonyl (C=O) groups is 4. The Kier molecular flexibility index (Phi) is 17.3. The molecule has 0 aromatic heterocycles. The highest BCUT2D eigenvalue weighted by molar-refractivity contribution is 5.75. The fourth-order valence-electron chi connectivity index (χ4n) is 2.55. The molecule has 0 amide bonds. The number of carboxylic acid groups (broad SMARTS) is 4. The summed E-state index contributed by atoms with van der Waals surface area (Å²) in [5, 5.41) is 68.5. The minimum atomic E-state index is -1.44. The van der Waals surface area contributed by atoms with Crippen molar-refractivity contribution in [2.75, 3.05) is 0 Å². The number of aromatic hydroxyl groups is 4. The van der Waals surface area contributed by atoms with Crippen LogP contribution in [0.1, 0.15) is 0 Å². The summed E-state index contributed by atoms with van der Waals surface area (Å²) in [5.41, 5.74) is 0. The van der Waals surface area contributed by atoms with Crippen molar-refractivity contribution in [2.45, 2.75) is 0 Å². The molecule has 0 fully saturated rings. The number of phenolic OH excluding ortho intramolecular Hbond substituents is 4. The number of hydrogen-bond acceptors (Lipinski definition) is 12. The minimum absolute atomic E-state index is 0. The van der Waals surface area contributed by atoms with Crippen LogP contribution in [0, 0.1) is 0 Å². The van der Waals surface area contributed by atoms with E-state index in [1.54, 1.807) is 48.5 Å². The summed E-state index contributed by atoms with van der Waals surface area (Å²) in [6.45, 7) is 0. The van der Waals surface area contributed by atoms with Crippen molar-refractivity contribution in [1.29, 1.82) is 0 Å². The molecule has 0 heterocycles. The molecular formula is C28H24O16Si. The third-order valence-electron chi connectivity index (χ3n) is 4.25. The molecule has 0 saturated heterocycles. The molecule has 0 spiro atoms. The first-order valence-electron chi connectivity index (χ1n) is 11.5. The standard InChI is InChI=1S/4C7H6O4.Si/c4*8-5-3-1-2-4-6(5)11-7(9)10;/h4*1-4,8H,(H,9,10);. The second kappa shape index (κ2) is 20.3. The predicted molar refractivity (Wildman–Crippen MR) is 153 cm³/mol. The maximum atomic E-state index is 9.99. The highest BCUT2D eigenvalue weighted by atomic mass is 28.1. The topological polar surface area (TPSA) is 267 Å². The van der Waals surface area contributed by atoms with E-state index in [0.717, 1.165) is 0 Å². The molecule has 45 heavy (non-hydrogen) atoms. The number of benzene rings is 4. The Hall–Kier alpha value is -6.62. The van der Waals surface area contributed by atoms with Gasteiger partial charge in [0, 0.05) is 11.0 Å². The molecule has 8 N–H and O–H groups in total. The molecule has 0 unspecified atom stereocenters. The summed E-state index contributed by atoms with van der Waals surface area (Å²) in [5.74, 6) is -0.963. The Morgan fingerprint density at radius 1 is 0.356 bits per heavy atom. The number of para-hydroxylation sites is 8. The van der Waals surface area contributed by atoms with E-state index in [2.05, 4.69) is 18.9 Å². The van der Waals surface area contributed by atoms with Gasteiger partial charge in [-0.05, 0) is 48.5 Å². The van der Waals surface area contributed by atoms with E-state index in [4.69, 9.17) is 40.9 Å². The van der Waals surface area contributed by atoms with Gasteiger partial charge in [-0.2, -0.15) is 0 Å². The molecule has 4 rings (SSSR count). The van der Waals surface area contributed by atoms with E-state index in [9.17, 15) is 19.2 Å². The molecule has 17 heteroatoms. The van der Waals surface area contributed by atoms with Crippen molar-refractivity contribution < 1.29 is 79.0 Å². The van der Waals surface area contributed by atoms with Crippen LogP contribution in [-0.2, 0) is 0 Å². The van der Waals surface area contributed by atoms with E-state index in [1.807, 2.05) is 0 Å². The lowest BCUT2D eigenvalue weighted by atomic mass is 10.3. The first kappa shape index (κ1) is 38.4. The van der Waals surface area contributed by atoms with Crippen molar-refractivity contribution in [3.63, 3.8) is 0 Å². The van der Waals surface area contributed by atoms with Gasteiger partial charge in [-0.15, -0.1) is 0 Å². The first-order chi connectivity index (χ1) is 20.8. The zero-order valence-electron chi connectivity index (χ0n) is 22.6. The summed E-state index contributed by atoms with van der Waals surface area (Å²) < 4.78 is 16.8. The quantitative estimate of drug-likeness (QED) is 0.0783. The van der Waals surface area contributed by atoms with Gasteiger partial charge in [-0.1, -0.05) is 48.5 Å². The molecule has 236 valence electrons. The second-order valence-corrected chi connectivity index (χ2v) is 7.34. The smallest absolute Gasteiger partial charge is 0.504 e. The second-order valence-electron chi connectivity index (χ2n) is 7.34. The average molecular weight is 645 g/mol. The van der Waals surface area contributed by atoms with Crippen LogP contribution in [0.2, 0.25) is 0 Å². The summed E-state index contributed by atoms with van der Waals surface area (Å²) in [6, 6.07) is 23.4. The molecule has 0 aliphatic carbocycles. The van der Waals surface area contributed by atoms with Gasteiger partial charge in [0.1, 0.15) is 0 Å². The van der Waals surface area contributed by atoms with E-state index in [1.165, 1.54) is 48.5 Å². The van der Waals surface area contributed by atoms with E-state index < -0.39 is 24.6 Å². The predicted octanol–water partition coefficient (Wildman–Crippen LogP) is 5.42. The van der Waals surface area contributed by atoms with Crippen LogP contribution in [0.25, 0.3) is 0 Å². The minimum Gasteiger partial charge on any atom is -0.504 e. The van der Waals surface area contributed by atoms with Gasteiger partial charge in [0.25, 0.3) is 0 Å². The van der Waals surface area contributed by atoms with Gasteiger partial charge < -0.3 is 59.8 Å².